The predicted molar refractivity (Wildman–Crippen MR) is 66.4 cm³/mol. The second kappa shape index (κ2) is 9.45. The molecule has 6 heteroatoms. The predicted octanol–water partition coefficient (Wildman–Crippen LogP) is 0.390. The van der Waals surface area contributed by atoms with Gasteiger partial charge in [-0.3, -0.25) is 0 Å². The van der Waals surface area contributed by atoms with Crippen molar-refractivity contribution in [2.24, 2.45) is 0 Å². The molecule has 0 radical (unpaired) electrons. The molecule has 0 aromatic rings. The molecule has 0 aliphatic carbocycles. The van der Waals surface area contributed by atoms with Crippen LogP contribution >= 0.6 is 11.8 Å². The summed E-state index contributed by atoms with van der Waals surface area (Å²) < 4.78 is 26.5. The van der Waals surface area contributed by atoms with E-state index in [2.05, 4.69) is 5.32 Å². The molecule has 0 unspecified atom stereocenters. The monoisotopic (exact) mass is 255 g/mol. The van der Waals surface area contributed by atoms with Gasteiger partial charge >= 0.3 is 0 Å². The molecule has 0 fully saturated rings. The van der Waals surface area contributed by atoms with E-state index in [1.54, 1.807) is 18.9 Å². The Morgan fingerprint density at radius 3 is 2.60 bits per heavy atom. The maximum absolute atomic E-state index is 10.8. The zero-order valence-electron chi connectivity index (χ0n) is 9.49. The highest BCUT2D eigenvalue weighted by atomic mass is 32.2. The highest BCUT2D eigenvalue weighted by Gasteiger charge is 2.00. The SMILES string of the molecule is COCCNCCCSCCS(C)(=O)=O. The van der Waals surface area contributed by atoms with Gasteiger partial charge in [0.15, 0.2) is 0 Å². The van der Waals surface area contributed by atoms with Crippen LogP contribution in [0, 0.1) is 0 Å². The van der Waals surface area contributed by atoms with Gasteiger partial charge in [0.25, 0.3) is 0 Å². The van der Waals surface area contributed by atoms with Gasteiger partial charge in [-0.1, -0.05) is 0 Å². The Bertz CT molecular complexity index is 230. The van der Waals surface area contributed by atoms with Crippen molar-refractivity contribution < 1.29 is 13.2 Å². The van der Waals surface area contributed by atoms with Crippen molar-refractivity contribution in [3.8, 4) is 0 Å². The van der Waals surface area contributed by atoms with E-state index in [-0.39, 0.29) is 5.75 Å². The molecule has 0 aliphatic heterocycles. The van der Waals surface area contributed by atoms with Crippen molar-refractivity contribution in [3.63, 3.8) is 0 Å². The first-order valence-electron chi connectivity index (χ1n) is 5.01. The summed E-state index contributed by atoms with van der Waals surface area (Å²) in [6, 6.07) is 0. The Balaban J connectivity index is 3.06. The van der Waals surface area contributed by atoms with E-state index in [1.165, 1.54) is 6.26 Å². The van der Waals surface area contributed by atoms with E-state index in [1.807, 2.05) is 0 Å². The van der Waals surface area contributed by atoms with Crippen LogP contribution < -0.4 is 5.32 Å². The number of ether oxygens (including phenoxy) is 1. The summed E-state index contributed by atoms with van der Waals surface area (Å²) in [5.74, 6) is 2.00. The van der Waals surface area contributed by atoms with Crippen LogP contribution in [-0.2, 0) is 14.6 Å². The van der Waals surface area contributed by atoms with Gasteiger partial charge in [0.05, 0.1) is 12.4 Å². The Morgan fingerprint density at radius 2 is 2.00 bits per heavy atom. The van der Waals surface area contributed by atoms with Crippen molar-refractivity contribution in [2.75, 3.05) is 50.3 Å². The van der Waals surface area contributed by atoms with Gasteiger partial charge in [0.2, 0.25) is 0 Å². The highest BCUT2D eigenvalue weighted by Crippen LogP contribution is 2.02. The van der Waals surface area contributed by atoms with Gasteiger partial charge in [0, 0.05) is 25.7 Å². The molecule has 4 nitrogen and oxygen atoms in total. The number of thioether (sulfide) groups is 1. The molecule has 0 spiro atoms. The third kappa shape index (κ3) is 14.2. The van der Waals surface area contributed by atoms with Gasteiger partial charge in [-0.25, -0.2) is 8.42 Å². The molecule has 0 heterocycles. The summed E-state index contributed by atoms with van der Waals surface area (Å²) >= 11 is 1.69. The molecule has 0 amide bonds. The number of hydrogen-bond donors (Lipinski definition) is 1. The topological polar surface area (TPSA) is 55.4 Å². The number of methoxy groups -OCH3 is 1. The Kier molecular flexibility index (Phi) is 9.58. The normalized spacial score (nSPS) is 11.9. The lowest BCUT2D eigenvalue weighted by molar-refractivity contribution is 0.199. The molecule has 0 atom stereocenters. The molecule has 0 aromatic carbocycles. The van der Waals surface area contributed by atoms with Crippen LogP contribution in [0.15, 0.2) is 0 Å². The Labute approximate surface area is 97.1 Å². The number of nitrogens with one attached hydrogen (secondary N) is 1. The van der Waals surface area contributed by atoms with E-state index in [4.69, 9.17) is 4.74 Å². The van der Waals surface area contributed by atoms with E-state index < -0.39 is 9.84 Å². The second-order valence-electron chi connectivity index (χ2n) is 3.34. The maximum Gasteiger partial charge on any atom is 0.148 e. The Hall–Kier alpha value is 0.220. The first-order valence-corrected chi connectivity index (χ1v) is 8.23. The number of rotatable bonds is 10. The summed E-state index contributed by atoms with van der Waals surface area (Å²) in [6.45, 7) is 2.58. The highest BCUT2D eigenvalue weighted by molar-refractivity contribution is 8.00. The lowest BCUT2D eigenvalue weighted by Crippen LogP contribution is -2.20. The molecular weight excluding hydrogens is 234 g/mol. The van der Waals surface area contributed by atoms with E-state index in [9.17, 15) is 8.42 Å². The molecule has 0 aliphatic rings. The van der Waals surface area contributed by atoms with Gasteiger partial charge in [0.1, 0.15) is 9.84 Å². The molecule has 0 saturated heterocycles. The summed E-state index contributed by atoms with van der Waals surface area (Å²) in [7, 11) is -1.10. The van der Waals surface area contributed by atoms with Crippen LogP contribution in [-0.4, -0.2) is 58.7 Å². The Morgan fingerprint density at radius 1 is 1.27 bits per heavy atom. The fourth-order valence-corrected chi connectivity index (χ4v) is 3.15. The zero-order chi connectivity index (χ0) is 11.6. The van der Waals surface area contributed by atoms with Crippen molar-refractivity contribution in [1.82, 2.24) is 5.32 Å². The van der Waals surface area contributed by atoms with Crippen molar-refractivity contribution in [3.05, 3.63) is 0 Å². The lowest BCUT2D eigenvalue weighted by atomic mass is 10.5. The summed E-state index contributed by atoms with van der Waals surface area (Å²) in [4.78, 5) is 0. The quantitative estimate of drug-likeness (QED) is 0.572. The number of hydrogen-bond acceptors (Lipinski definition) is 5. The molecular formula is C9H21NO3S2. The van der Waals surface area contributed by atoms with E-state index in [0.717, 1.165) is 31.9 Å². The minimum atomic E-state index is -2.78. The van der Waals surface area contributed by atoms with E-state index >= 15 is 0 Å². The number of sulfone groups is 1. The molecule has 15 heavy (non-hydrogen) atoms. The first-order chi connectivity index (χ1) is 7.06. The van der Waals surface area contributed by atoms with Gasteiger partial charge in [-0.15, -0.1) is 0 Å². The van der Waals surface area contributed by atoms with Gasteiger partial charge < -0.3 is 10.1 Å². The molecule has 92 valence electrons. The first kappa shape index (κ1) is 15.2. The molecule has 0 rings (SSSR count). The second-order valence-corrected chi connectivity index (χ2v) is 6.82. The van der Waals surface area contributed by atoms with Crippen LogP contribution in [0.1, 0.15) is 6.42 Å². The standard InChI is InChI=1S/C9H21NO3S2/c1-13-6-5-10-4-3-7-14-8-9-15(2,11)12/h10H,3-9H2,1-2H3. The minimum Gasteiger partial charge on any atom is -0.383 e. The molecule has 0 saturated carbocycles. The largest absolute Gasteiger partial charge is 0.383 e. The average molecular weight is 255 g/mol. The summed E-state index contributed by atoms with van der Waals surface area (Å²) in [5.41, 5.74) is 0. The summed E-state index contributed by atoms with van der Waals surface area (Å²) in [6.07, 6.45) is 2.35. The van der Waals surface area contributed by atoms with Gasteiger partial charge in [-0.2, -0.15) is 11.8 Å². The lowest BCUT2D eigenvalue weighted by Gasteiger charge is -2.03. The van der Waals surface area contributed by atoms with Crippen LogP contribution in [0.25, 0.3) is 0 Å². The average Bonchev–Trinajstić information content (AvgIpc) is 2.14. The molecule has 1 N–H and O–H groups in total. The van der Waals surface area contributed by atoms with Crippen molar-refractivity contribution in [1.29, 1.82) is 0 Å². The third-order valence-corrected chi connectivity index (χ3v) is 4.00. The smallest absolute Gasteiger partial charge is 0.148 e. The third-order valence-electron chi connectivity index (χ3n) is 1.72. The van der Waals surface area contributed by atoms with Crippen LogP contribution in [0.4, 0.5) is 0 Å². The van der Waals surface area contributed by atoms with Crippen LogP contribution in [0.2, 0.25) is 0 Å². The van der Waals surface area contributed by atoms with Crippen molar-refractivity contribution in [2.45, 2.75) is 6.42 Å². The fourth-order valence-electron chi connectivity index (χ4n) is 0.911. The van der Waals surface area contributed by atoms with E-state index in [0.29, 0.717) is 5.75 Å². The maximum atomic E-state index is 10.8. The molecule has 0 bridgehead atoms. The van der Waals surface area contributed by atoms with Crippen LogP contribution in [0.5, 0.6) is 0 Å². The van der Waals surface area contributed by atoms with Crippen molar-refractivity contribution >= 4 is 21.6 Å². The molecule has 0 aromatic heterocycles. The fraction of sp³-hybridized carbons (Fsp3) is 1.00. The minimum absolute atomic E-state index is 0.286. The summed E-state index contributed by atoms with van der Waals surface area (Å²) in [5, 5.41) is 3.24. The van der Waals surface area contributed by atoms with Gasteiger partial charge in [-0.05, 0) is 18.7 Å². The van der Waals surface area contributed by atoms with Crippen LogP contribution in [0.3, 0.4) is 0 Å². The zero-order valence-corrected chi connectivity index (χ0v) is 11.1.